The van der Waals surface area contributed by atoms with E-state index in [1.807, 2.05) is 13.8 Å². The average Bonchev–Trinajstić information content (AvgIpc) is 2.51. The zero-order chi connectivity index (χ0) is 9.84. The maximum atomic E-state index is 11.6. The van der Waals surface area contributed by atoms with Crippen LogP contribution in [-0.4, -0.2) is 30.5 Å². The second-order valence-corrected chi connectivity index (χ2v) is 3.84. The number of amides is 1. The Balaban J connectivity index is 2.38. The van der Waals surface area contributed by atoms with Gasteiger partial charge in [0, 0.05) is 18.5 Å². The van der Waals surface area contributed by atoms with Crippen molar-refractivity contribution in [3.05, 3.63) is 0 Å². The van der Waals surface area contributed by atoms with Crippen molar-refractivity contribution in [2.75, 3.05) is 12.5 Å². The van der Waals surface area contributed by atoms with Gasteiger partial charge in [0.2, 0.25) is 5.91 Å². The van der Waals surface area contributed by atoms with Gasteiger partial charge in [0.15, 0.2) is 0 Å². The smallest absolute Gasteiger partial charge is 0.226 e. The summed E-state index contributed by atoms with van der Waals surface area (Å²) in [5, 5.41) is 2.85. The summed E-state index contributed by atoms with van der Waals surface area (Å²) in [4.78, 5) is 11.6. The number of ether oxygens (including phenoxy) is 1. The van der Waals surface area contributed by atoms with Gasteiger partial charge in [0.25, 0.3) is 0 Å². The van der Waals surface area contributed by atoms with Crippen LogP contribution in [0.4, 0.5) is 0 Å². The Hall–Kier alpha value is -0.280. The van der Waals surface area contributed by atoms with Crippen LogP contribution in [0.1, 0.15) is 20.3 Å². The van der Waals surface area contributed by atoms with E-state index in [1.54, 1.807) is 0 Å². The molecule has 0 aliphatic carbocycles. The Labute approximate surface area is 83.8 Å². The van der Waals surface area contributed by atoms with E-state index in [0.717, 1.165) is 6.42 Å². The maximum Gasteiger partial charge on any atom is 0.226 e. The highest BCUT2D eigenvalue weighted by Gasteiger charge is 2.30. The molecule has 1 amide bonds. The van der Waals surface area contributed by atoms with Crippen LogP contribution < -0.4 is 5.32 Å². The highest BCUT2D eigenvalue weighted by molar-refractivity contribution is 6.18. The zero-order valence-corrected chi connectivity index (χ0v) is 8.80. The fourth-order valence-electron chi connectivity index (χ4n) is 1.46. The third-order valence-electron chi connectivity index (χ3n) is 2.33. The molecular formula is C9H16ClNO2. The largest absolute Gasteiger partial charge is 0.378 e. The zero-order valence-electron chi connectivity index (χ0n) is 8.05. The standard InChI is InChI=1S/C9H16ClNO2/c1-6(5-10)11-9(12)8-3-4-13-7(8)2/h6-8H,3-5H2,1-2H3,(H,11,12). The number of alkyl halides is 1. The molecule has 0 aromatic carbocycles. The van der Waals surface area contributed by atoms with E-state index in [-0.39, 0.29) is 24.0 Å². The third kappa shape index (κ3) is 2.85. The molecule has 1 rings (SSSR count). The molecule has 1 aliphatic heterocycles. The van der Waals surface area contributed by atoms with Crippen LogP contribution in [0.25, 0.3) is 0 Å². The Morgan fingerprint density at radius 1 is 1.77 bits per heavy atom. The Morgan fingerprint density at radius 3 is 2.92 bits per heavy atom. The molecule has 0 aromatic heterocycles. The molecule has 1 saturated heterocycles. The lowest BCUT2D eigenvalue weighted by Gasteiger charge is -2.16. The second-order valence-electron chi connectivity index (χ2n) is 3.54. The van der Waals surface area contributed by atoms with Crippen molar-refractivity contribution in [1.29, 1.82) is 0 Å². The highest BCUT2D eigenvalue weighted by Crippen LogP contribution is 2.20. The summed E-state index contributed by atoms with van der Waals surface area (Å²) in [6.45, 7) is 4.52. The lowest BCUT2D eigenvalue weighted by atomic mass is 10.0. The molecule has 4 heteroatoms. The molecule has 76 valence electrons. The van der Waals surface area contributed by atoms with Crippen LogP contribution in [0.5, 0.6) is 0 Å². The van der Waals surface area contributed by atoms with Gasteiger partial charge in [0.05, 0.1) is 12.0 Å². The monoisotopic (exact) mass is 205 g/mol. The van der Waals surface area contributed by atoms with Crippen LogP contribution in [0.2, 0.25) is 0 Å². The molecule has 1 fully saturated rings. The van der Waals surface area contributed by atoms with Crippen LogP contribution in [0, 0.1) is 5.92 Å². The van der Waals surface area contributed by atoms with Crippen molar-refractivity contribution >= 4 is 17.5 Å². The van der Waals surface area contributed by atoms with E-state index in [0.29, 0.717) is 12.5 Å². The summed E-state index contributed by atoms with van der Waals surface area (Å²) in [7, 11) is 0. The molecule has 1 N–H and O–H groups in total. The predicted octanol–water partition coefficient (Wildman–Crippen LogP) is 1.15. The number of carbonyl (C=O) groups excluding carboxylic acids is 1. The van der Waals surface area contributed by atoms with Crippen molar-refractivity contribution in [2.45, 2.75) is 32.4 Å². The van der Waals surface area contributed by atoms with Gasteiger partial charge in [-0.3, -0.25) is 4.79 Å². The first-order valence-corrected chi connectivity index (χ1v) is 5.16. The predicted molar refractivity (Wildman–Crippen MR) is 51.8 cm³/mol. The van der Waals surface area contributed by atoms with Crippen molar-refractivity contribution in [3.63, 3.8) is 0 Å². The molecule has 0 bridgehead atoms. The third-order valence-corrected chi connectivity index (χ3v) is 2.80. The Morgan fingerprint density at radius 2 is 2.46 bits per heavy atom. The van der Waals surface area contributed by atoms with E-state index in [4.69, 9.17) is 16.3 Å². The fourth-order valence-corrected chi connectivity index (χ4v) is 1.54. The Bertz CT molecular complexity index is 186. The minimum atomic E-state index is 0.00525. The van der Waals surface area contributed by atoms with Crippen LogP contribution >= 0.6 is 11.6 Å². The van der Waals surface area contributed by atoms with Crippen LogP contribution in [-0.2, 0) is 9.53 Å². The summed E-state index contributed by atoms with van der Waals surface area (Å²) in [6, 6.07) is 0.0435. The van der Waals surface area contributed by atoms with Crippen LogP contribution in [0.3, 0.4) is 0 Å². The van der Waals surface area contributed by atoms with E-state index < -0.39 is 0 Å². The van der Waals surface area contributed by atoms with Gasteiger partial charge >= 0.3 is 0 Å². The van der Waals surface area contributed by atoms with Gasteiger partial charge in [-0.25, -0.2) is 0 Å². The molecule has 3 atom stereocenters. The number of hydrogen-bond acceptors (Lipinski definition) is 2. The highest BCUT2D eigenvalue weighted by atomic mass is 35.5. The second kappa shape index (κ2) is 4.82. The van der Waals surface area contributed by atoms with E-state index in [9.17, 15) is 4.79 Å². The number of nitrogens with one attached hydrogen (secondary N) is 1. The molecule has 1 aliphatic rings. The molecule has 1 heterocycles. The number of rotatable bonds is 3. The topological polar surface area (TPSA) is 38.3 Å². The van der Waals surface area contributed by atoms with Gasteiger partial charge in [-0.15, -0.1) is 11.6 Å². The molecule has 0 saturated carbocycles. The van der Waals surface area contributed by atoms with Crippen molar-refractivity contribution in [1.82, 2.24) is 5.32 Å². The molecule has 3 unspecified atom stereocenters. The van der Waals surface area contributed by atoms with Crippen molar-refractivity contribution < 1.29 is 9.53 Å². The van der Waals surface area contributed by atoms with Crippen molar-refractivity contribution in [2.24, 2.45) is 5.92 Å². The van der Waals surface area contributed by atoms with E-state index >= 15 is 0 Å². The molecular weight excluding hydrogens is 190 g/mol. The SMILES string of the molecule is CC(CCl)NC(=O)C1CCOC1C. The number of hydrogen-bond donors (Lipinski definition) is 1. The summed E-state index contributed by atoms with van der Waals surface area (Å²) in [5.74, 6) is 0.525. The van der Waals surface area contributed by atoms with Gasteiger partial charge in [-0.2, -0.15) is 0 Å². The molecule has 0 aromatic rings. The Kier molecular flexibility index (Phi) is 4.00. The first-order valence-electron chi connectivity index (χ1n) is 4.63. The van der Waals surface area contributed by atoms with Crippen LogP contribution in [0.15, 0.2) is 0 Å². The minimum absolute atomic E-state index is 0.00525. The van der Waals surface area contributed by atoms with E-state index in [1.165, 1.54) is 0 Å². The maximum absolute atomic E-state index is 11.6. The summed E-state index contributed by atoms with van der Waals surface area (Å²) in [5.41, 5.74) is 0. The fraction of sp³-hybridized carbons (Fsp3) is 0.889. The molecule has 0 radical (unpaired) electrons. The lowest BCUT2D eigenvalue weighted by molar-refractivity contribution is -0.126. The summed E-state index contributed by atoms with van der Waals surface area (Å²) >= 11 is 5.59. The normalized spacial score (nSPS) is 30.1. The molecule has 13 heavy (non-hydrogen) atoms. The number of carbonyl (C=O) groups is 1. The number of halogens is 1. The van der Waals surface area contributed by atoms with Gasteiger partial charge in [-0.1, -0.05) is 0 Å². The summed E-state index contributed by atoms with van der Waals surface area (Å²) in [6.07, 6.45) is 0.865. The molecule has 0 spiro atoms. The van der Waals surface area contributed by atoms with Gasteiger partial charge in [-0.05, 0) is 20.3 Å². The van der Waals surface area contributed by atoms with Gasteiger partial charge < -0.3 is 10.1 Å². The first kappa shape index (κ1) is 10.8. The minimum Gasteiger partial charge on any atom is -0.378 e. The average molecular weight is 206 g/mol. The van der Waals surface area contributed by atoms with E-state index in [2.05, 4.69) is 5.32 Å². The van der Waals surface area contributed by atoms with Gasteiger partial charge in [0.1, 0.15) is 0 Å². The first-order chi connectivity index (χ1) is 6.15. The molecule has 3 nitrogen and oxygen atoms in total. The quantitative estimate of drug-likeness (QED) is 0.703. The lowest BCUT2D eigenvalue weighted by Crippen LogP contribution is -2.40. The summed E-state index contributed by atoms with van der Waals surface area (Å²) < 4.78 is 5.31. The van der Waals surface area contributed by atoms with Crippen molar-refractivity contribution in [3.8, 4) is 0 Å².